The Morgan fingerprint density at radius 2 is 2.00 bits per heavy atom. The van der Waals surface area contributed by atoms with Crippen molar-refractivity contribution in [2.45, 2.75) is 18.3 Å². The summed E-state index contributed by atoms with van der Waals surface area (Å²) >= 11 is 0. The average Bonchev–Trinajstić information content (AvgIpc) is 2.26. The predicted octanol–water partition coefficient (Wildman–Crippen LogP) is 1.62. The first-order valence-corrected chi connectivity index (χ1v) is 4.50. The summed E-state index contributed by atoms with van der Waals surface area (Å²) in [5, 5.41) is 8.98. The second kappa shape index (κ2) is 4.71. The largest absolute Gasteiger partial charge is 0.497 e. The van der Waals surface area contributed by atoms with Crippen molar-refractivity contribution in [2.24, 2.45) is 5.73 Å². The highest BCUT2D eigenvalue weighted by Gasteiger charge is 2.42. The maximum Gasteiger partial charge on any atom is 0.416 e. The zero-order valence-corrected chi connectivity index (χ0v) is 8.53. The molecule has 0 aliphatic heterocycles. The number of hydrogen-bond acceptors (Lipinski definition) is 3. The number of alkyl halides is 3. The van der Waals surface area contributed by atoms with Crippen molar-refractivity contribution in [2.75, 3.05) is 7.11 Å². The molecule has 16 heavy (non-hydrogen) atoms. The summed E-state index contributed by atoms with van der Waals surface area (Å²) in [4.78, 5) is 0. The van der Waals surface area contributed by atoms with Gasteiger partial charge in [0.25, 0.3) is 0 Å². The van der Waals surface area contributed by atoms with Gasteiger partial charge in [0.15, 0.2) is 6.10 Å². The van der Waals surface area contributed by atoms with E-state index in [1.165, 1.54) is 25.3 Å². The fraction of sp³-hybridized carbons (Fsp3) is 0.400. The van der Waals surface area contributed by atoms with Gasteiger partial charge in [-0.1, -0.05) is 12.1 Å². The van der Waals surface area contributed by atoms with Crippen LogP contribution in [0, 0.1) is 0 Å². The molecule has 0 saturated heterocycles. The van der Waals surface area contributed by atoms with E-state index in [-0.39, 0.29) is 5.56 Å². The summed E-state index contributed by atoms with van der Waals surface area (Å²) in [5.41, 5.74) is 5.49. The number of halogens is 3. The second-order valence-corrected chi connectivity index (χ2v) is 3.29. The molecule has 0 unspecified atom stereocenters. The third kappa shape index (κ3) is 2.86. The average molecular weight is 235 g/mol. The molecular formula is C10H12F3NO2. The van der Waals surface area contributed by atoms with Gasteiger partial charge in [0.05, 0.1) is 13.2 Å². The van der Waals surface area contributed by atoms with Gasteiger partial charge in [0.1, 0.15) is 5.75 Å². The van der Waals surface area contributed by atoms with Crippen LogP contribution in [0.4, 0.5) is 13.2 Å². The third-order valence-corrected chi connectivity index (χ3v) is 2.15. The maximum absolute atomic E-state index is 12.2. The molecule has 0 aliphatic carbocycles. The summed E-state index contributed by atoms with van der Waals surface area (Å²) in [7, 11) is 1.39. The van der Waals surface area contributed by atoms with Crippen molar-refractivity contribution in [1.82, 2.24) is 0 Å². The number of hydrogen-bond donors (Lipinski definition) is 2. The zero-order chi connectivity index (χ0) is 12.3. The highest BCUT2D eigenvalue weighted by atomic mass is 19.4. The number of aliphatic hydroxyl groups excluding tert-OH is 1. The molecule has 1 aromatic rings. The van der Waals surface area contributed by atoms with Crippen LogP contribution >= 0.6 is 0 Å². The summed E-state index contributed by atoms with van der Waals surface area (Å²) < 4.78 is 41.5. The smallest absolute Gasteiger partial charge is 0.416 e. The lowest BCUT2D eigenvalue weighted by molar-refractivity contribution is -0.210. The van der Waals surface area contributed by atoms with E-state index < -0.39 is 18.3 Å². The normalized spacial score (nSPS) is 15.6. The molecular weight excluding hydrogens is 223 g/mol. The highest BCUT2D eigenvalue weighted by Crippen LogP contribution is 2.29. The zero-order valence-electron chi connectivity index (χ0n) is 8.53. The van der Waals surface area contributed by atoms with Gasteiger partial charge in [-0.05, 0) is 17.7 Å². The van der Waals surface area contributed by atoms with Gasteiger partial charge in [-0.2, -0.15) is 13.2 Å². The van der Waals surface area contributed by atoms with Gasteiger partial charge in [0.2, 0.25) is 0 Å². The van der Waals surface area contributed by atoms with Crippen LogP contribution < -0.4 is 10.5 Å². The lowest BCUT2D eigenvalue weighted by Crippen LogP contribution is -2.38. The van der Waals surface area contributed by atoms with E-state index >= 15 is 0 Å². The van der Waals surface area contributed by atoms with Crippen molar-refractivity contribution in [3.05, 3.63) is 29.8 Å². The SMILES string of the molecule is COc1cccc([C@H](N)[C@H](O)C(F)(F)F)c1. The third-order valence-electron chi connectivity index (χ3n) is 2.15. The molecule has 0 bridgehead atoms. The molecule has 3 nitrogen and oxygen atoms in total. The molecule has 3 N–H and O–H groups in total. The van der Waals surface area contributed by atoms with Gasteiger partial charge < -0.3 is 15.6 Å². The van der Waals surface area contributed by atoms with Crippen LogP contribution in [0.5, 0.6) is 5.75 Å². The lowest BCUT2D eigenvalue weighted by Gasteiger charge is -2.21. The highest BCUT2D eigenvalue weighted by molar-refractivity contribution is 5.31. The van der Waals surface area contributed by atoms with E-state index in [4.69, 9.17) is 15.6 Å². The van der Waals surface area contributed by atoms with Crippen LogP contribution in [0.1, 0.15) is 11.6 Å². The van der Waals surface area contributed by atoms with Crippen molar-refractivity contribution >= 4 is 0 Å². The van der Waals surface area contributed by atoms with E-state index in [1.807, 2.05) is 0 Å². The molecule has 0 spiro atoms. The minimum atomic E-state index is -4.73. The van der Waals surface area contributed by atoms with Crippen molar-refractivity contribution in [1.29, 1.82) is 0 Å². The fourth-order valence-corrected chi connectivity index (χ4v) is 1.23. The molecule has 0 fully saturated rings. The molecule has 0 aliphatic rings. The van der Waals surface area contributed by atoms with Crippen molar-refractivity contribution < 1.29 is 23.0 Å². The van der Waals surface area contributed by atoms with Crippen molar-refractivity contribution in [3.8, 4) is 5.75 Å². The predicted molar refractivity (Wildman–Crippen MR) is 52.0 cm³/mol. The Labute approximate surface area is 90.6 Å². The van der Waals surface area contributed by atoms with E-state index in [0.717, 1.165) is 0 Å². The first-order valence-electron chi connectivity index (χ1n) is 4.50. The number of methoxy groups -OCH3 is 1. The maximum atomic E-state index is 12.2. The first-order chi connectivity index (χ1) is 7.36. The minimum Gasteiger partial charge on any atom is -0.497 e. The molecule has 1 aromatic carbocycles. The lowest BCUT2D eigenvalue weighted by atomic mass is 10.0. The molecule has 0 saturated carbocycles. The molecule has 1 rings (SSSR count). The number of nitrogens with two attached hydrogens (primary N) is 1. The Morgan fingerprint density at radius 1 is 1.38 bits per heavy atom. The van der Waals surface area contributed by atoms with E-state index in [2.05, 4.69) is 0 Å². The van der Waals surface area contributed by atoms with Gasteiger partial charge in [-0.25, -0.2) is 0 Å². The quantitative estimate of drug-likeness (QED) is 0.837. The van der Waals surface area contributed by atoms with Gasteiger partial charge in [0, 0.05) is 0 Å². The molecule has 90 valence electrons. The van der Waals surface area contributed by atoms with Gasteiger partial charge in [-0.15, -0.1) is 0 Å². The van der Waals surface area contributed by atoms with Crippen LogP contribution in [-0.2, 0) is 0 Å². The molecule has 0 heterocycles. The van der Waals surface area contributed by atoms with E-state index in [0.29, 0.717) is 5.75 Å². The first kappa shape index (κ1) is 12.8. The van der Waals surface area contributed by atoms with Crippen LogP contribution in [0.25, 0.3) is 0 Å². The van der Waals surface area contributed by atoms with Crippen LogP contribution in [0.15, 0.2) is 24.3 Å². The monoisotopic (exact) mass is 235 g/mol. The van der Waals surface area contributed by atoms with Crippen molar-refractivity contribution in [3.63, 3.8) is 0 Å². The molecule has 6 heteroatoms. The Hall–Kier alpha value is -1.27. The summed E-state index contributed by atoms with van der Waals surface area (Å²) in [6.07, 6.45) is -7.32. The summed E-state index contributed by atoms with van der Waals surface area (Å²) in [6, 6.07) is 4.34. The second-order valence-electron chi connectivity index (χ2n) is 3.29. The van der Waals surface area contributed by atoms with Gasteiger partial charge in [-0.3, -0.25) is 0 Å². The molecule has 0 aromatic heterocycles. The molecule has 0 amide bonds. The Kier molecular flexibility index (Phi) is 3.77. The van der Waals surface area contributed by atoms with Crippen LogP contribution in [0.3, 0.4) is 0 Å². The molecule has 2 atom stereocenters. The van der Waals surface area contributed by atoms with E-state index in [9.17, 15) is 13.2 Å². The van der Waals surface area contributed by atoms with Gasteiger partial charge >= 0.3 is 6.18 Å². The Balaban J connectivity index is 2.91. The topological polar surface area (TPSA) is 55.5 Å². The Morgan fingerprint density at radius 3 is 2.50 bits per heavy atom. The number of aliphatic hydroxyl groups is 1. The fourth-order valence-electron chi connectivity index (χ4n) is 1.23. The summed E-state index contributed by atoms with van der Waals surface area (Å²) in [6.45, 7) is 0. The number of rotatable bonds is 3. The number of benzene rings is 1. The van der Waals surface area contributed by atoms with Crippen LogP contribution in [-0.4, -0.2) is 24.5 Å². The number of ether oxygens (including phenoxy) is 1. The summed E-state index contributed by atoms with van der Waals surface area (Å²) in [5.74, 6) is 0.391. The Bertz CT molecular complexity index is 354. The minimum absolute atomic E-state index is 0.171. The van der Waals surface area contributed by atoms with Crippen LogP contribution in [0.2, 0.25) is 0 Å². The standard InChI is InChI=1S/C10H12F3NO2/c1-16-7-4-2-3-6(5-7)8(14)9(15)10(11,12)13/h2-5,8-9,15H,14H2,1H3/t8-,9-/m0/s1. The van der Waals surface area contributed by atoms with E-state index in [1.54, 1.807) is 6.07 Å². The molecule has 0 radical (unpaired) electrons.